The van der Waals surface area contributed by atoms with Gasteiger partial charge >= 0.3 is 5.97 Å². The van der Waals surface area contributed by atoms with Crippen LogP contribution in [0.2, 0.25) is 0 Å². The van der Waals surface area contributed by atoms with Crippen molar-refractivity contribution < 1.29 is 28.8 Å². The number of amides is 2. The minimum Gasteiger partial charge on any atom is -0.457 e. The van der Waals surface area contributed by atoms with E-state index < -0.39 is 41.0 Å². The molecule has 2 aromatic carbocycles. The molecule has 0 aromatic heterocycles. The van der Waals surface area contributed by atoms with Gasteiger partial charge in [-0.2, -0.15) is 0 Å². The molecule has 3 rings (SSSR count). The smallest absolute Gasteiger partial charge is 0.311 e. The van der Waals surface area contributed by atoms with Crippen LogP contribution in [0.4, 0.5) is 5.69 Å². The van der Waals surface area contributed by atoms with Gasteiger partial charge in [-0.05, 0) is 23.1 Å². The van der Waals surface area contributed by atoms with Crippen LogP contribution in [0.15, 0.2) is 48.5 Å². The fourth-order valence-electron chi connectivity index (χ4n) is 3.41. The van der Waals surface area contributed by atoms with Crippen LogP contribution < -0.4 is 5.43 Å². The Morgan fingerprint density at radius 3 is 2.41 bits per heavy atom. The topological polar surface area (TPSA) is 136 Å². The van der Waals surface area contributed by atoms with Crippen molar-refractivity contribution in [1.29, 1.82) is 0 Å². The molecule has 0 aliphatic carbocycles. The van der Waals surface area contributed by atoms with Crippen LogP contribution in [0.1, 0.15) is 53.5 Å². The first-order valence-electron chi connectivity index (χ1n) is 10.6. The molecule has 0 bridgehead atoms. The van der Waals surface area contributed by atoms with Gasteiger partial charge in [-0.3, -0.25) is 39.7 Å². The van der Waals surface area contributed by atoms with Crippen molar-refractivity contribution in [2.75, 3.05) is 13.2 Å². The third-order valence-electron chi connectivity index (χ3n) is 5.43. The van der Waals surface area contributed by atoms with E-state index in [0.29, 0.717) is 5.56 Å². The van der Waals surface area contributed by atoms with Gasteiger partial charge in [-0.1, -0.05) is 45.0 Å². The Labute approximate surface area is 196 Å². The van der Waals surface area contributed by atoms with Gasteiger partial charge in [0.05, 0.1) is 17.4 Å². The van der Waals surface area contributed by atoms with Crippen LogP contribution >= 0.6 is 0 Å². The Hall–Kier alpha value is -4.08. The Balaban J connectivity index is 1.54. The standard InChI is InChI=1S/C24H25N3O7/c1-24(2,3)18-9-7-15(8-10-18)22(30)25-26-13-17(12-21(26)29)23(31)34-14-20(28)16-5-4-6-19(11-16)27(32)33/h4-11,17H,12-14H2,1-3H3,(H,25,30). The van der Waals surface area contributed by atoms with Crippen LogP contribution in [-0.2, 0) is 19.7 Å². The number of Topliss-reactive ketones (excluding diaryl/α,β-unsaturated/α-hetero) is 1. The van der Waals surface area contributed by atoms with Gasteiger partial charge in [0.2, 0.25) is 11.7 Å². The lowest BCUT2D eigenvalue weighted by Gasteiger charge is -2.20. The normalized spacial score (nSPS) is 15.7. The zero-order valence-corrected chi connectivity index (χ0v) is 19.1. The van der Waals surface area contributed by atoms with E-state index in [-0.39, 0.29) is 29.6 Å². The predicted octanol–water partition coefficient (Wildman–Crippen LogP) is 2.81. The van der Waals surface area contributed by atoms with E-state index in [9.17, 15) is 29.3 Å². The minimum absolute atomic E-state index is 0.0378. The van der Waals surface area contributed by atoms with E-state index in [2.05, 4.69) is 26.2 Å². The maximum Gasteiger partial charge on any atom is 0.311 e. The number of hydrogen-bond donors (Lipinski definition) is 1. The molecule has 2 amide bonds. The summed E-state index contributed by atoms with van der Waals surface area (Å²) in [5.74, 6) is -3.16. The van der Waals surface area contributed by atoms with E-state index >= 15 is 0 Å². The second-order valence-corrected chi connectivity index (χ2v) is 9.01. The highest BCUT2D eigenvalue weighted by molar-refractivity contribution is 5.99. The number of ether oxygens (including phenoxy) is 1. The molecule has 1 fully saturated rings. The highest BCUT2D eigenvalue weighted by atomic mass is 16.6. The summed E-state index contributed by atoms with van der Waals surface area (Å²) >= 11 is 0. The van der Waals surface area contributed by atoms with E-state index in [0.717, 1.165) is 16.6 Å². The summed E-state index contributed by atoms with van der Waals surface area (Å²) in [6.45, 7) is 5.47. The first kappa shape index (κ1) is 24.6. The Bertz CT molecular complexity index is 1140. The lowest BCUT2D eigenvalue weighted by molar-refractivity contribution is -0.384. The number of nitrogens with one attached hydrogen (secondary N) is 1. The number of rotatable bonds is 7. The third-order valence-corrected chi connectivity index (χ3v) is 5.43. The maximum atomic E-state index is 12.5. The van der Waals surface area contributed by atoms with E-state index in [4.69, 9.17) is 4.74 Å². The molecule has 1 unspecified atom stereocenters. The maximum absolute atomic E-state index is 12.5. The summed E-state index contributed by atoms with van der Waals surface area (Å²) in [7, 11) is 0. The van der Waals surface area contributed by atoms with Crippen molar-refractivity contribution in [2.24, 2.45) is 5.92 Å². The first-order valence-corrected chi connectivity index (χ1v) is 10.6. The number of nitrogens with zero attached hydrogens (tertiary/aromatic N) is 2. The number of carbonyl (C=O) groups excluding carboxylic acids is 4. The highest BCUT2D eigenvalue weighted by Crippen LogP contribution is 2.23. The van der Waals surface area contributed by atoms with Gasteiger partial charge in [0.25, 0.3) is 11.6 Å². The first-order chi connectivity index (χ1) is 16.0. The summed E-state index contributed by atoms with van der Waals surface area (Å²) < 4.78 is 5.02. The van der Waals surface area contributed by atoms with Crippen molar-refractivity contribution >= 4 is 29.3 Å². The fraction of sp³-hybridized carbons (Fsp3) is 0.333. The van der Waals surface area contributed by atoms with Crippen LogP contribution in [0, 0.1) is 16.0 Å². The average Bonchev–Trinajstić information content (AvgIpc) is 3.16. The molecule has 1 saturated heterocycles. The van der Waals surface area contributed by atoms with E-state index in [1.54, 1.807) is 12.1 Å². The number of esters is 1. The average molecular weight is 467 g/mol. The van der Waals surface area contributed by atoms with Crippen molar-refractivity contribution in [2.45, 2.75) is 32.6 Å². The number of hydrogen-bond acceptors (Lipinski definition) is 7. The zero-order chi connectivity index (χ0) is 25.0. The van der Waals surface area contributed by atoms with Crippen molar-refractivity contribution in [3.63, 3.8) is 0 Å². The van der Waals surface area contributed by atoms with Crippen molar-refractivity contribution in [3.05, 3.63) is 75.3 Å². The molecule has 0 saturated carbocycles. The van der Waals surface area contributed by atoms with Gasteiger partial charge < -0.3 is 4.74 Å². The summed E-state index contributed by atoms with van der Waals surface area (Å²) in [5.41, 5.74) is 3.65. The number of hydrazine groups is 1. The monoisotopic (exact) mass is 467 g/mol. The number of carbonyl (C=O) groups is 4. The molecule has 10 heteroatoms. The Morgan fingerprint density at radius 1 is 1.12 bits per heavy atom. The lowest BCUT2D eigenvalue weighted by Crippen LogP contribution is -2.43. The molecular formula is C24H25N3O7. The summed E-state index contributed by atoms with van der Waals surface area (Å²) in [5, 5.41) is 11.9. The summed E-state index contributed by atoms with van der Waals surface area (Å²) in [6.07, 6.45) is -0.174. The van der Waals surface area contributed by atoms with Crippen LogP contribution in [0.5, 0.6) is 0 Å². The van der Waals surface area contributed by atoms with Gasteiger partial charge in [0.1, 0.15) is 0 Å². The fourth-order valence-corrected chi connectivity index (χ4v) is 3.41. The third kappa shape index (κ3) is 5.83. The highest BCUT2D eigenvalue weighted by Gasteiger charge is 2.37. The second-order valence-electron chi connectivity index (χ2n) is 9.01. The molecule has 2 aromatic rings. The van der Waals surface area contributed by atoms with Gasteiger partial charge in [0, 0.05) is 29.7 Å². The van der Waals surface area contributed by atoms with Gasteiger partial charge in [-0.15, -0.1) is 0 Å². The number of nitro groups is 1. The Kier molecular flexibility index (Phi) is 7.09. The van der Waals surface area contributed by atoms with Crippen molar-refractivity contribution in [3.8, 4) is 0 Å². The van der Waals surface area contributed by atoms with Crippen LogP contribution in [-0.4, -0.2) is 46.7 Å². The molecule has 1 aliphatic heterocycles. The molecule has 0 spiro atoms. The van der Waals surface area contributed by atoms with Gasteiger partial charge in [0.15, 0.2) is 6.61 Å². The molecule has 0 radical (unpaired) electrons. The molecule has 1 heterocycles. The molecule has 1 N–H and O–H groups in total. The molecule has 178 valence electrons. The van der Waals surface area contributed by atoms with Gasteiger partial charge in [-0.25, -0.2) is 0 Å². The number of nitro benzene ring substituents is 1. The van der Waals surface area contributed by atoms with Crippen LogP contribution in [0.25, 0.3) is 0 Å². The molecule has 10 nitrogen and oxygen atoms in total. The predicted molar refractivity (Wildman–Crippen MR) is 121 cm³/mol. The molecule has 1 aliphatic rings. The number of ketones is 1. The lowest BCUT2D eigenvalue weighted by atomic mass is 9.87. The zero-order valence-electron chi connectivity index (χ0n) is 19.1. The molecular weight excluding hydrogens is 442 g/mol. The van der Waals surface area contributed by atoms with Crippen molar-refractivity contribution in [1.82, 2.24) is 10.4 Å². The summed E-state index contributed by atoms with van der Waals surface area (Å²) in [4.78, 5) is 59.6. The molecule has 1 atom stereocenters. The van der Waals surface area contributed by atoms with E-state index in [1.165, 1.54) is 18.2 Å². The second kappa shape index (κ2) is 9.82. The molecule has 34 heavy (non-hydrogen) atoms. The number of non-ortho nitro benzene ring substituents is 1. The minimum atomic E-state index is -0.853. The largest absolute Gasteiger partial charge is 0.457 e. The van der Waals surface area contributed by atoms with Crippen LogP contribution in [0.3, 0.4) is 0 Å². The summed E-state index contributed by atoms with van der Waals surface area (Å²) in [6, 6.07) is 12.1. The Morgan fingerprint density at radius 2 is 1.79 bits per heavy atom. The quantitative estimate of drug-likeness (QED) is 0.286. The SMILES string of the molecule is CC(C)(C)c1ccc(C(=O)NN2CC(C(=O)OCC(=O)c3cccc([N+](=O)[O-])c3)CC2=O)cc1. The number of benzene rings is 2. The van der Waals surface area contributed by atoms with E-state index in [1.807, 2.05) is 12.1 Å².